The van der Waals surface area contributed by atoms with Crippen LogP contribution in [0.5, 0.6) is 0 Å². The first-order valence-corrected chi connectivity index (χ1v) is 13.1. The van der Waals surface area contributed by atoms with Crippen LogP contribution in [-0.2, 0) is 14.8 Å². The van der Waals surface area contributed by atoms with Gasteiger partial charge < -0.3 is 5.32 Å². The van der Waals surface area contributed by atoms with Crippen molar-refractivity contribution in [1.29, 1.82) is 0 Å². The van der Waals surface area contributed by atoms with Gasteiger partial charge in [0.25, 0.3) is 0 Å². The van der Waals surface area contributed by atoms with Crippen molar-refractivity contribution in [1.82, 2.24) is 9.29 Å². The number of nitrogens with one attached hydrogen (secondary N) is 1. The number of halogens is 1. The van der Waals surface area contributed by atoms with Gasteiger partial charge >= 0.3 is 0 Å². The Kier molecular flexibility index (Phi) is 6.76. The van der Waals surface area contributed by atoms with Crippen LogP contribution in [0.2, 0.25) is 5.02 Å². The van der Waals surface area contributed by atoms with Crippen LogP contribution in [0, 0.1) is 6.92 Å². The molecule has 1 atom stereocenters. The number of carbonyl (C=O) groups excluding carboxylic acids is 1. The van der Waals surface area contributed by atoms with Crippen molar-refractivity contribution in [2.24, 2.45) is 0 Å². The molecule has 0 spiro atoms. The summed E-state index contributed by atoms with van der Waals surface area (Å²) in [5.74, 6) is -0.172. The number of hydrogen-bond acceptors (Lipinski definition) is 5. The average Bonchev–Trinajstić information content (AvgIpc) is 3.31. The second kappa shape index (κ2) is 9.39. The lowest BCUT2D eigenvalue weighted by molar-refractivity contribution is -0.115. The van der Waals surface area contributed by atoms with E-state index >= 15 is 0 Å². The Hall–Kier alpha value is -2.13. The Morgan fingerprint density at radius 1 is 1.16 bits per heavy atom. The Morgan fingerprint density at radius 2 is 1.88 bits per heavy atom. The van der Waals surface area contributed by atoms with Gasteiger partial charge in [0.05, 0.1) is 31.4 Å². The quantitative estimate of drug-likeness (QED) is 0.487. The third-order valence-electron chi connectivity index (χ3n) is 5.46. The number of anilines is 1. The summed E-state index contributed by atoms with van der Waals surface area (Å²) in [6.07, 6.45) is 1.80. The molecule has 2 heterocycles. The first-order valence-electron chi connectivity index (χ1n) is 10.4. The molecule has 1 aliphatic heterocycles. The van der Waals surface area contributed by atoms with Crippen LogP contribution in [0.4, 0.5) is 5.69 Å². The van der Waals surface area contributed by atoms with Gasteiger partial charge in [-0.15, -0.1) is 0 Å². The fourth-order valence-corrected chi connectivity index (χ4v) is 6.32. The summed E-state index contributed by atoms with van der Waals surface area (Å²) in [7, 11) is -3.48. The van der Waals surface area contributed by atoms with Crippen molar-refractivity contribution in [3.05, 3.63) is 59.1 Å². The van der Waals surface area contributed by atoms with Gasteiger partial charge in [0.15, 0.2) is 0 Å². The van der Waals surface area contributed by atoms with E-state index in [2.05, 4.69) is 10.3 Å². The molecule has 1 N–H and O–H groups in total. The summed E-state index contributed by atoms with van der Waals surface area (Å²) in [6.45, 7) is 4.88. The maximum absolute atomic E-state index is 12.9. The third-order valence-corrected chi connectivity index (χ3v) is 8.71. The van der Waals surface area contributed by atoms with Crippen LogP contribution in [0.15, 0.2) is 58.5 Å². The van der Waals surface area contributed by atoms with Gasteiger partial charge in [-0.05, 0) is 68.7 Å². The molecule has 1 aliphatic rings. The standard InChI is InChI=1S/C23H24ClN3O3S2/c1-15-13-22(31-16(2)23(28)26-21-8-4-3-7-19(21)24)25-20-10-9-17(14-18(15)20)32(29,30)27-11-5-6-12-27/h3-4,7-10,13-14,16H,5-6,11-12H2,1-2H3,(H,26,28). The molecule has 1 unspecified atom stereocenters. The lowest BCUT2D eigenvalue weighted by Gasteiger charge is -2.16. The molecule has 6 nitrogen and oxygen atoms in total. The van der Waals surface area contributed by atoms with E-state index in [4.69, 9.17) is 11.6 Å². The van der Waals surface area contributed by atoms with Crippen molar-refractivity contribution in [3.8, 4) is 0 Å². The summed E-state index contributed by atoms with van der Waals surface area (Å²) < 4.78 is 27.3. The summed E-state index contributed by atoms with van der Waals surface area (Å²) >= 11 is 7.47. The largest absolute Gasteiger partial charge is 0.324 e. The van der Waals surface area contributed by atoms with E-state index in [-0.39, 0.29) is 5.91 Å². The molecule has 0 aliphatic carbocycles. The number of aryl methyl sites for hydroxylation is 1. The number of rotatable bonds is 6. The Bertz CT molecular complexity index is 1270. The summed E-state index contributed by atoms with van der Waals surface area (Å²) in [5, 5.41) is 4.42. The maximum Gasteiger partial charge on any atom is 0.243 e. The summed E-state index contributed by atoms with van der Waals surface area (Å²) in [4.78, 5) is 17.6. The summed E-state index contributed by atoms with van der Waals surface area (Å²) in [5.41, 5.74) is 2.18. The van der Waals surface area contributed by atoms with Crippen LogP contribution in [0.25, 0.3) is 10.9 Å². The highest BCUT2D eigenvalue weighted by Gasteiger charge is 2.27. The lowest BCUT2D eigenvalue weighted by Crippen LogP contribution is -2.27. The van der Waals surface area contributed by atoms with Crippen molar-refractivity contribution in [2.45, 2.75) is 41.9 Å². The first kappa shape index (κ1) is 23.0. The highest BCUT2D eigenvalue weighted by Crippen LogP contribution is 2.30. The van der Waals surface area contributed by atoms with Crippen molar-refractivity contribution in [2.75, 3.05) is 18.4 Å². The number of aromatic nitrogens is 1. The zero-order valence-corrected chi connectivity index (χ0v) is 20.2. The molecule has 32 heavy (non-hydrogen) atoms. The normalized spacial score (nSPS) is 15.7. The van der Waals surface area contributed by atoms with E-state index in [0.29, 0.717) is 39.2 Å². The number of hydrogen-bond donors (Lipinski definition) is 1. The molecule has 0 saturated carbocycles. The molecule has 9 heteroatoms. The number of sulfonamides is 1. The fraction of sp³-hybridized carbons (Fsp3) is 0.304. The van der Waals surface area contributed by atoms with Gasteiger partial charge in [0, 0.05) is 18.5 Å². The average molecular weight is 490 g/mol. The van der Waals surface area contributed by atoms with Crippen molar-refractivity contribution in [3.63, 3.8) is 0 Å². The number of nitrogens with zero attached hydrogens (tertiary/aromatic N) is 2. The van der Waals surface area contributed by atoms with E-state index in [1.165, 1.54) is 11.8 Å². The van der Waals surface area contributed by atoms with Crippen molar-refractivity contribution >= 4 is 55.9 Å². The van der Waals surface area contributed by atoms with Gasteiger partial charge in [-0.1, -0.05) is 35.5 Å². The topological polar surface area (TPSA) is 79.4 Å². The minimum absolute atomic E-state index is 0.172. The molecule has 1 fully saturated rings. The van der Waals surface area contributed by atoms with Crippen molar-refractivity contribution < 1.29 is 13.2 Å². The number of pyridine rings is 1. The number of para-hydroxylation sites is 1. The Balaban J connectivity index is 1.54. The molecule has 1 saturated heterocycles. The fourth-order valence-electron chi connectivity index (χ4n) is 3.67. The van der Waals surface area contributed by atoms with Crippen LogP contribution >= 0.6 is 23.4 Å². The van der Waals surface area contributed by atoms with Gasteiger partial charge in [-0.3, -0.25) is 4.79 Å². The Morgan fingerprint density at radius 3 is 2.59 bits per heavy atom. The Labute approximate surface area is 197 Å². The van der Waals surface area contributed by atoms with Crippen LogP contribution in [0.1, 0.15) is 25.3 Å². The van der Waals surface area contributed by atoms with Gasteiger partial charge in [-0.2, -0.15) is 4.31 Å². The lowest BCUT2D eigenvalue weighted by atomic mass is 10.1. The smallest absolute Gasteiger partial charge is 0.243 e. The van der Waals surface area contributed by atoms with Crippen LogP contribution in [-0.4, -0.2) is 42.0 Å². The highest BCUT2D eigenvalue weighted by molar-refractivity contribution is 8.00. The molecule has 4 rings (SSSR count). The number of amides is 1. The first-order chi connectivity index (χ1) is 15.3. The zero-order valence-electron chi connectivity index (χ0n) is 17.8. The predicted molar refractivity (Wildman–Crippen MR) is 130 cm³/mol. The minimum Gasteiger partial charge on any atom is -0.324 e. The van der Waals surface area contributed by atoms with Crippen LogP contribution < -0.4 is 5.32 Å². The molecule has 168 valence electrons. The molecule has 2 aromatic carbocycles. The van der Waals surface area contributed by atoms with E-state index in [0.717, 1.165) is 23.8 Å². The monoisotopic (exact) mass is 489 g/mol. The van der Waals surface area contributed by atoms with Gasteiger partial charge in [0.2, 0.25) is 15.9 Å². The highest BCUT2D eigenvalue weighted by atomic mass is 35.5. The van der Waals surface area contributed by atoms with E-state index in [1.807, 2.05) is 26.0 Å². The van der Waals surface area contributed by atoms with Gasteiger partial charge in [0.1, 0.15) is 0 Å². The molecule has 1 amide bonds. The number of carbonyl (C=O) groups is 1. The third kappa shape index (κ3) is 4.78. The predicted octanol–water partition coefficient (Wildman–Crippen LogP) is 5.10. The number of benzene rings is 2. The molecular formula is C23H24ClN3O3S2. The molecule has 0 radical (unpaired) electrons. The summed E-state index contributed by atoms with van der Waals surface area (Å²) in [6, 6.07) is 14.0. The minimum atomic E-state index is -3.48. The second-order valence-electron chi connectivity index (χ2n) is 7.80. The molecule has 3 aromatic rings. The molecule has 0 bridgehead atoms. The zero-order chi connectivity index (χ0) is 22.9. The number of thioether (sulfide) groups is 1. The number of fused-ring (bicyclic) bond motifs is 1. The second-order valence-corrected chi connectivity index (χ2v) is 11.5. The SMILES string of the molecule is Cc1cc(SC(C)C(=O)Nc2ccccc2Cl)nc2ccc(S(=O)(=O)N3CCCC3)cc12. The molecule has 1 aromatic heterocycles. The van der Waals surface area contributed by atoms with Gasteiger partial charge in [-0.25, -0.2) is 13.4 Å². The van der Waals surface area contributed by atoms with E-state index < -0.39 is 15.3 Å². The maximum atomic E-state index is 12.9. The van der Waals surface area contributed by atoms with E-state index in [1.54, 1.807) is 40.7 Å². The van der Waals surface area contributed by atoms with E-state index in [9.17, 15) is 13.2 Å². The molecular weight excluding hydrogens is 466 g/mol. The van der Waals surface area contributed by atoms with Crippen LogP contribution in [0.3, 0.4) is 0 Å².